The van der Waals surface area contributed by atoms with Crippen LogP contribution >= 0.6 is 11.3 Å². The van der Waals surface area contributed by atoms with Crippen LogP contribution in [0.4, 0.5) is 10.5 Å². The Morgan fingerprint density at radius 1 is 1.26 bits per heavy atom. The predicted octanol–water partition coefficient (Wildman–Crippen LogP) is 3.78. The third-order valence-corrected chi connectivity index (χ3v) is 3.57. The molecule has 0 saturated heterocycles. The van der Waals surface area contributed by atoms with E-state index in [1.807, 2.05) is 12.1 Å². The molecule has 0 aliphatic heterocycles. The number of nitrogens with zero attached hydrogens (tertiary/aromatic N) is 1. The van der Waals surface area contributed by atoms with E-state index in [4.69, 9.17) is 9.84 Å². The molecule has 122 valence electrons. The minimum atomic E-state index is -1.02. The van der Waals surface area contributed by atoms with Crippen molar-refractivity contribution in [3.8, 4) is 0 Å². The SMILES string of the molecule is CC(C)(C)OC(=O)Nc1ccc(Cc2nc(C(=O)O)cs2)cc1. The van der Waals surface area contributed by atoms with Crippen molar-refractivity contribution in [3.63, 3.8) is 0 Å². The molecule has 1 aromatic carbocycles. The van der Waals surface area contributed by atoms with E-state index in [1.54, 1.807) is 32.9 Å². The fourth-order valence-electron chi connectivity index (χ4n) is 1.79. The molecule has 6 nitrogen and oxygen atoms in total. The molecular weight excluding hydrogens is 316 g/mol. The second-order valence-corrected chi connectivity index (χ2v) is 6.87. The van der Waals surface area contributed by atoms with Gasteiger partial charge in [0, 0.05) is 17.5 Å². The molecule has 2 rings (SSSR count). The molecule has 2 N–H and O–H groups in total. The lowest BCUT2D eigenvalue weighted by atomic mass is 10.1. The second kappa shape index (κ2) is 6.78. The van der Waals surface area contributed by atoms with Crippen LogP contribution in [0, 0.1) is 0 Å². The van der Waals surface area contributed by atoms with Gasteiger partial charge >= 0.3 is 12.1 Å². The lowest BCUT2D eigenvalue weighted by Gasteiger charge is -2.19. The zero-order chi connectivity index (χ0) is 17.0. The smallest absolute Gasteiger partial charge is 0.412 e. The molecule has 0 aliphatic rings. The van der Waals surface area contributed by atoms with E-state index in [-0.39, 0.29) is 5.69 Å². The normalized spacial score (nSPS) is 11.1. The number of carboxylic acids is 1. The molecule has 0 atom stereocenters. The van der Waals surface area contributed by atoms with Crippen LogP contribution in [-0.2, 0) is 11.2 Å². The number of benzene rings is 1. The summed E-state index contributed by atoms with van der Waals surface area (Å²) in [5, 5.41) is 13.8. The van der Waals surface area contributed by atoms with E-state index in [1.165, 1.54) is 16.7 Å². The Hall–Kier alpha value is -2.41. The van der Waals surface area contributed by atoms with Crippen LogP contribution in [0.2, 0.25) is 0 Å². The number of amides is 1. The number of aromatic carboxylic acids is 1. The number of ether oxygens (including phenoxy) is 1. The van der Waals surface area contributed by atoms with Crippen molar-refractivity contribution >= 4 is 29.1 Å². The quantitative estimate of drug-likeness (QED) is 0.888. The van der Waals surface area contributed by atoms with Crippen molar-refractivity contribution in [1.82, 2.24) is 4.98 Å². The van der Waals surface area contributed by atoms with Crippen LogP contribution in [0.1, 0.15) is 41.8 Å². The maximum atomic E-state index is 11.7. The molecule has 1 aromatic heterocycles. The van der Waals surface area contributed by atoms with Gasteiger partial charge in [0.05, 0.1) is 5.01 Å². The zero-order valence-electron chi connectivity index (χ0n) is 13.1. The molecule has 7 heteroatoms. The molecule has 0 aliphatic carbocycles. The minimum Gasteiger partial charge on any atom is -0.476 e. The summed E-state index contributed by atoms with van der Waals surface area (Å²) in [6.45, 7) is 5.40. The molecule has 2 aromatic rings. The number of thiazole rings is 1. The molecule has 0 fully saturated rings. The lowest BCUT2D eigenvalue weighted by Crippen LogP contribution is -2.27. The summed E-state index contributed by atoms with van der Waals surface area (Å²) >= 11 is 1.31. The molecule has 0 saturated carbocycles. The summed E-state index contributed by atoms with van der Waals surface area (Å²) < 4.78 is 5.18. The monoisotopic (exact) mass is 334 g/mol. The number of hydrogen-bond acceptors (Lipinski definition) is 5. The van der Waals surface area contributed by atoms with Crippen molar-refractivity contribution in [2.45, 2.75) is 32.8 Å². The van der Waals surface area contributed by atoms with Gasteiger partial charge < -0.3 is 9.84 Å². The van der Waals surface area contributed by atoms with Crippen LogP contribution in [-0.4, -0.2) is 27.8 Å². The van der Waals surface area contributed by atoms with E-state index >= 15 is 0 Å². The van der Waals surface area contributed by atoms with Crippen molar-refractivity contribution in [3.05, 3.63) is 45.9 Å². The predicted molar refractivity (Wildman–Crippen MR) is 88.2 cm³/mol. The highest BCUT2D eigenvalue weighted by molar-refractivity contribution is 7.09. The summed E-state index contributed by atoms with van der Waals surface area (Å²) in [5.41, 5.74) is 1.13. The Morgan fingerprint density at radius 3 is 2.43 bits per heavy atom. The standard InChI is InChI=1S/C16H18N2O4S/c1-16(2,3)22-15(21)17-11-6-4-10(5-7-11)8-13-18-12(9-23-13)14(19)20/h4-7,9H,8H2,1-3H3,(H,17,21)(H,19,20). The van der Waals surface area contributed by atoms with E-state index in [2.05, 4.69) is 10.3 Å². The fourth-order valence-corrected chi connectivity index (χ4v) is 2.59. The Balaban J connectivity index is 1.96. The first-order chi connectivity index (χ1) is 10.7. The van der Waals surface area contributed by atoms with Crippen molar-refractivity contribution in [2.24, 2.45) is 0 Å². The first kappa shape index (κ1) is 17.0. The van der Waals surface area contributed by atoms with Crippen LogP contribution < -0.4 is 5.32 Å². The molecule has 1 amide bonds. The van der Waals surface area contributed by atoms with E-state index < -0.39 is 17.7 Å². The van der Waals surface area contributed by atoms with Crippen molar-refractivity contribution in [1.29, 1.82) is 0 Å². The van der Waals surface area contributed by atoms with E-state index in [0.29, 0.717) is 12.1 Å². The molecule has 0 spiro atoms. The summed E-state index contributed by atoms with van der Waals surface area (Å²) in [4.78, 5) is 26.5. The maximum Gasteiger partial charge on any atom is 0.412 e. The number of carbonyl (C=O) groups is 2. The van der Waals surface area contributed by atoms with Crippen molar-refractivity contribution < 1.29 is 19.4 Å². The van der Waals surface area contributed by atoms with Gasteiger partial charge in [-0.3, -0.25) is 5.32 Å². The summed E-state index contributed by atoms with van der Waals surface area (Å²) in [5.74, 6) is -1.02. The summed E-state index contributed by atoms with van der Waals surface area (Å²) in [7, 11) is 0. The first-order valence-corrected chi connectivity index (χ1v) is 7.87. The van der Waals surface area contributed by atoms with Crippen LogP contribution in [0.15, 0.2) is 29.6 Å². The highest BCUT2D eigenvalue weighted by atomic mass is 32.1. The summed E-state index contributed by atoms with van der Waals surface area (Å²) in [6, 6.07) is 7.25. The Bertz CT molecular complexity index is 702. The first-order valence-electron chi connectivity index (χ1n) is 6.99. The van der Waals surface area contributed by atoms with Crippen molar-refractivity contribution in [2.75, 3.05) is 5.32 Å². The molecule has 0 unspecified atom stereocenters. The van der Waals surface area contributed by atoms with Gasteiger partial charge in [-0.25, -0.2) is 14.6 Å². The van der Waals surface area contributed by atoms with E-state index in [9.17, 15) is 9.59 Å². The van der Waals surface area contributed by atoms with Gasteiger partial charge in [0.1, 0.15) is 5.60 Å². The van der Waals surface area contributed by atoms with Gasteiger partial charge in [0.15, 0.2) is 5.69 Å². The lowest BCUT2D eigenvalue weighted by molar-refractivity contribution is 0.0634. The number of carboxylic acid groups (broad SMARTS) is 1. The van der Waals surface area contributed by atoms with Gasteiger partial charge in [-0.1, -0.05) is 12.1 Å². The number of rotatable bonds is 4. The fraction of sp³-hybridized carbons (Fsp3) is 0.312. The highest BCUT2D eigenvalue weighted by Gasteiger charge is 2.16. The van der Waals surface area contributed by atoms with Crippen LogP contribution in [0.3, 0.4) is 0 Å². The Kier molecular flexibility index (Phi) is 5.00. The number of nitrogens with one attached hydrogen (secondary N) is 1. The number of anilines is 1. The van der Waals surface area contributed by atoms with Gasteiger partial charge in [-0.2, -0.15) is 0 Å². The van der Waals surface area contributed by atoms with Gasteiger partial charge in [0.2, 0.25) is 0 Å². The van der Waals surface area contributed by atoms with E-state index in [0.717, 1.165) is 10.6 Å². The van der Waals surface area contributed by atoms with Gasteiger partial charge in [0.25, 0.3) is 0 Å². The molecule has 0 bridgehead atoms. The topological polar surface area (TPSA) is 88.5 Å². The molecule has 1 heterocycles. The molecular formula is C16H18N2O4S. The van der Waals surface area contributed by atoms with Gasteiger partial charge in [-0.15, -0.1) is 11.3 Å². The third kappa shape index (κ3) is 5.37. The molecule has 23 heavy (non-hydrogen) atoms. The highest BCUT2D eigenvalue weighted by Crippen LogP contribution is 2.17. The minimum absolute atomic E-state index is 0.0632. The average Bonchev–Trinajstić information content (AvgIpc) is 2.87. The Labute approximate surface area is 138 Å². The third-order valence-electron chi connectivity index (χ3n) is 2.73. The van der Waals surface area contributed by atoms with Crippen LogP contribution in [0.25, 0.3) is 0 Å². The number of hydrogen-bond donors (Lipinski definition) is 2. The average molecular weight is 334 g/mol. The van der Waals surface area contributed by atoms with Crippen LogP contribution in [0.5, 0.6) is 0 Å². The maximum absolute atomic E-state index is 11.7. The summed E-state index contributed by atoms with van der Waals surface area (Å²) in [6.07, 6.45) is 0.0428. The second-order valence-electron chi connectivity index (χ2n) is 5.93. The van der Waals surface area contributed by atoms with Gasteiger partial charge in [-0.05, 0) is 38.5 Å². The Morgan fingerprint density at radius 2 is 1.91 bits per heavy atom. The molecule has 0 radical (unpaired) electrons. The largest absolute Gasteiger partial charge is 0.476 e. The number of aromatic nitrogens is 1. The zero-order valence-corrected chi connectivity index (χ0v) is 13.9. The number of carbonyl (C=O) groups excluding carboxylic acids is 1.